The standard InChI is InChI=1S/C13H20N6OS/c1-4-19(5-9(14)20)6-10-16-12(18-15)11-7(2)8(3)21-13(11)17-10/h4-6,15H2,1-3H3,(H2,14,20)(H,16,17,18). The number of primary amides is 1. The van der Waals surface area contributed by atoms with Crippen LogP contribution in [0, 0.1) is 13.8 Å². The third kappa shape index (κ3) is 3.29. The first-order valence-electron chi connectivity index (χ1n) is 6.70. The number of rotatable bonds is 6. The lowest BCUT2D eigenvalue weighted by Crippen LogP contribution is -2.33. The Kier molecular flexibility index (Phi) is 4.71. The lowest BCUT2D eigenvalue weighted by atomic mass is 10.2. The number of nitrogens with two attached hydrogens (primary N) is 2. The van der Waals surface area contributed by atoms with Crippen molar-refractivity contribution >= 4 is 33.3 Å². The maximum absolute atomic E-state index is 11.1. The minimum atomic E-state index is -0.363. The van der Waals surface area contributed by atoms with E-state index in [0.29, 0.717) is 24.7 Å². The van der Waals surface area contributed by atoms with Gasteiger partial charge in [0.25, 0.3) is 0 Å². The molecule has 21 heavy (non-hydrogen) atoms. The van der Waals surface area contributed by atoms with E-state index in [4.69, 9.17) is 11.6 Å². The second-order valence-corrected chi connectivity index (χ2v) is 6.07. The molecule has 1 amide bonds. The summed E-state index contributed by atoms with van der Waals surface area (Å²) in [6.45, 7) is 7.38. The van der Waals surface area contributed by atoms with Gasteiger partial charge in [0.05, 0.1) is 18.5 Å². The molecule has 0 fully saturated rings. The molecular weight excluding hydrogens is 288 g/mol. The number of nitrogens with one attached hydrogen (secondary N) is 1. The van der Waals surface area contributed by atoms with Gasteiger partial charge in [-0.1, -0.05) is 6.92 Å². The van der Waals surface area contributed by atoms with E-state index < -0.39 is 0 Å². The number of fused-ring (bicyclic) bond motifs is 1. The van der Waals surface area contributed by atoms with Gasteiger partial charge in [-0.3, -0.25) is 9.69 Å². The van der Waals surface area contributed by atoms with Gasteiger partial charge in [0, 0.05) is 4.88 Å². The summed E-state index contributed by atoms with van der Waals surface area (Å²) in [6, 6.07) is 0. The van der Waals surface area contributed by atoms with Crippen LogP contribution in [0.15, 0.2) is 0 Å². The van der Waals surface area contributed by atoms with E-state index in [1.165, 1.54) is 4.88 Å². The smallest absolute Gasteiger partial charge is 0.231 e. The lowest BCUT2D eigenvalue weighted by Gasteiger charge is -2.17. The molecule has 0 aliphatic rings. The molecule has 114 valence electrons. The van der Waals surface area contributed by atoms with Gasteiger partial charge < -0.3 is 11.2 Å². The van der Waals surface area contributed by atoms with Gasteiger partial charge in [-0.05, 0) is 26.0 Å². The Bertz CT molecular complexity index is 668. The fourth-order valence-electron chi connectivity index (χ4n) is 2.17. The molecule has 0 aromatic carbocycles. The molecule has 0 unspecified atom stereocenters. The minimum Gasteiger partial charge on any atom is -0.369 e. The first-order valence-corrected chi connectivity index (χ1v) is 7.51. The topological polar surface area (TPSA) is 110 Å². The average molecular weight is 308 g/mol. The number of carbonyl (C=O) groups excluding carboxylic acids is 1. The first-order chi connectivity index (χ1) is 9.96. The highest BCUT2D eigenvalue weighted by Crippen LogP contribution is 2.32. The van der Waals surface area contributed by atoms with Crippen LogP contribution in [0.1, 0.15) is 23.2 Å². The summed E-state index contributed by atoms with van der Waals surface area (Å²) in [6.07, 6.45) is 0. The molecule has 0 aliphatic heterocycles. The quantitative estimate of drug-likeness (QED) is 0.540. The number of hydrogen-bond acceptors (Lipinski definition) is 7. The number of nitrogen functional groups attached to an aromatic ring is 1. The molecule has 2 aromatic rings. The maximum Gasteiger partial charge on any atom is 0.231 e. The van der Waals surface area contributed by atoms with Crippen LogP contribution in [0.25, 0.3) is 10.2 Å². The summed E-state index contributed by atoms with van der Waals surface area (Å²) >= 11 is 1.61. The molecule has 0 spiro atoms. The molecule has 2 aromatic heterocycles. The normalized spacial score (nSPS) is 11.3. The number of aryl methyl sites for hydroxylation is 2. The maximum atomic E-state index is 11.1. The molecular formula is C13H20N6OS. The predicted octanol–water partition coefficient (Wildman–Crippen LogP) is 0.901. The number of amides is 1. The number of thiophene rings is 1. The number of hydrazine groups is 1. The SMILES string of the molecule is CCN(CC(N)=O)Cc1nc(NN)c2c(C)c(C)sc2n1. The van der Waals surface area contributed by atoms with Gasteiger partial charge in [-0.2, -0.15) is 0 Å². The van der Waals surface area contributed by atoms with E-state index in [9.17, 15) is 4.79 Å². The van der Waals surface area contributed by atoms with E-state index in [0.717, 1.165) is 15.8 Å². The molecule has 0 saturated carbocycles. The van der Waals surface area contributed by atoms with Crippen molar-refractivity contribution < 1.29 is 4.79 Å². The van der Waals surface area contributed by atoms with Gasteiger partial charge in [0.15, 0.2) is 5.82 Å². The number of carbonyl (C=O) groups is 1. The molecule has 0 aliphatic carbocycles. The van der Waals surface area contributed by atoms with Crippen molar-refractivity contribution in [3.8, 4) is 0 Å². The minimum absolute atomic E-state index is 0.186. The highest BCUT2D eigenvalue weighted by Gasteiger charge is 2.16. The monoisotopic (exact) mass is 308 g/mol. The summed E-state index contributed by atoms with van der Waals surface area (Å²) in [5.41, 5.74) is 9.02. The van der Waals surface area contributed by atoms with Crippen molar-refractivity contribution in [2.45, 2.75) is 27.3 Å². The van der Waals surface area contributed by atoms with Crippen molar-refractivity contribution in [1.29, 1.82) is 0 Å². The van der Waals surface area contributed by atoms with Crippen LogP contribution in [0.5, 0.6) is 0 Å². The molecule has 0 atom stereocenters. The first kappa shape index (κ1) is 15.6. The number of likely N-dealkylation sites (N-methyl/N-ethyl adjacent to an activating group) is 1. The number of nitrogens with zero attached hydrogens (tertiary/aromatic N) is 3. The zero-order chi connectivity index (χ0) is 15.6. The molecule has 2 heterocycles. The van der Waals surface area contributed by atoms with Crippen LogP contribution >= 0.6 is 11.3 Å². The van der Waals surface area contributed by atoms with E-state index in [1.807, 2.05) is 25.7 Å². The van der Waals surface area contributed by atoms with Crippen molar-refractivity contribution in [2.24, 2.45) is 11.6 Å². The Morgan fingerprint density at radius 3 is 2.67 bits per heavy atom. The van der Waals surface area contributed by atoms with E-state index in [1.54, 1.807) is 11.3 Å². The Hall–Kier alpha value is -1.77. The Balaban J connectivity index is 2.39. The van der Waals surface area contributed by atoms with Crippen LogP contribution in [0.2, 0.25) is 0 Å². The van der Waals surface area contributed by atoms with E-state index >= 15 is 0 Å². The van der Waals surface area contributed by atoms with E-state index in [2.05, 4.69) is 15.4 Å². The summed E-state index contributed by atoms with van der Waals surface area (Å²) < 4.78 is 0. The molecule has 2 rings (SSSR count). The van der Waals surface area contributed by atoms with Gasteiger partial charge in [0.1, 0.15) is 10.7 Å². The highest BCUT2D eigenvalue weighted by atomic mass is 32.1. The summed E-state index contributed by atoms with van der Waals surface area (Å²) in [5, 5.41) is 0.960. The third-order valence-corrected chi connectivity index (χ3v) is 4.50. The fraction of sp³-hybridized carbons (Fsp3) is 0.462. The molecule has 7 nitrogen and oxygen atoms in total. The lowest BCUT2D eigenvalue weighted by molar-refractivity contribution is -0.119. The summed E-state index contributed by atoms with van der Waals surface area (Å²) in [4.78, 5) is 24.1. The number of hydrogen-bond donors (Lipinski definition) is 3. The second-order valence-electron chi connectivity index (χ2n) is 4.87. The van der Waals surface area contributed by atoms with E-state index in [-0.39, 0.29) is 12.5 Å². The van der Waals surface area contributed by atoms with Crippen LogP contribution in [0.4, 0.5) is 5.82 Å². The van der Waals surface area contributed by atoms with Gasteiger partial charge in [-0.15, -0.1) is 11.3 Å². The number of aromatic nitrogens is 2. The van der Waals surface area contributed by atoms with Gasteiger partial charge in [0.2, 0.25) is 5.91 Å². The third-order valence-electron chi connectivity index (χ3n) is 3.40. The Morgan fingerprint density at radius 2 is 2.10 bits per heavy atom. The van der Waals surface area contributed by atoms with Gasteiger partial charge >= 0.3 is 0 Å². The van der Waals surface area contributed by atoms with Crippen molar-refractivity contribution in [3.05, 3.63) is 16.3 Å². The van der Waals surface area contributed by atoms with Crippen molar-refractivity contribution in [2.75, 3.05) is 18.5 Å². The van der Waals surface area contributed by atoms with Crippen molar-refractivity contribution in [1.82, 2.24) is 14.9 Å². The second kappa shape index (κ2) is 6.33. The zero-order valence-corrected chi connectivity index (χ0v) is 13.3. The molecule has 0 saturated heterocycles. The average Bonchev–Trinajstić information content (AvgIpc) is 2.72. The summed E-state index contributed by atoms with van der Waals surface area (Å²) in [5.74, 6) is 6.46. The molecule has 5 N–H and O–H groups in total. The molecule has 0 bridgehead atoms. The van der Waals surface area contributed by atoms with Crippen LogP contribution < -0.4 is 17.0 Å². The van der Waals surface area contributed by atoms with Crippen LogP contribution in [-0.4, -0.2) is 33.9 Å². The molecule has 8 heteroatoms. The Morgan fingerprint density at radius 1 is 1.38 bits per heavy atom. The largest absolute Gasteiger partial charge is 0.369 e. The van der Waals surface area contributed by atoms with Crippen molar-refractivity contribution in [3.63, 3.8) is 0 Å². The predicted molar refractivity (Wildman–Crippen MR) is 84.8 cm³/mol. The summed E-state index contributed by atoms with van der Waals surface area (Å²) in [7, 11) is 0. The van der Waals surface area contributed by atoms with Gasteiger partial charge in [-0.25, -0.2) is 15.8 Å². The molecule has 0 radical (unpaired) electrons. The fourth-order valence-corrected chi connectivity index (χ4v) is 3.22. The highest BCUT2D eigenvalue weighted by molar-refractivity contribution is 7.18. The number of anilines is 1. The zero-order valence-electron chi connectivity index (χ0n) is 12.4. The Labute approximate surface area is 127 Å². The van der Waals surface area contributed by atoms with Crippen LogP contribution in [-0.2, 0) is 11.3 Å². The van der Waals surface area contributed by atoms with Crippen LogP contribution in [0.3, 0.4) is 0 Å².